The van der Waals surface area contributed by atoms with E-state index in [1.165, 1.54) is 0 Å². The first-order valence-electron chi connectivity index (χ1n) is 9.47. The Hall–Kier alpha value is -2.89. The van der Waals surface area contributed by atoms with Gasteiger partial charge in [0.25, 0.3) is 5.91 Å². The molecule has 1 atom stereocenters. The Morgan fingerprint density at radius 2 is 1.79 bits per heavy atom. The third kappa shape index (κ3) is 3.72. The molecule has 0 saturated carbocycles. The number of nitrogens with zero attached hydrogens (tertiary/aromatic N) is 1. The summed E-state index contributed by atoms with van der Waals surface area (Å²) >= 11 is 0. The number of amides is 1. The van der Waals surface area contributed by atoms with Gasteiger partial charge in [-0.3, -0.25) is 4.79 Å². The smallest absolute Gasteiger partial charge is 0.254 e. The number of carbonyl (C=O) groups excluding carboxylic acids is 1. The van der Waals surface area contributed by atoms with Crippen molar-refractivity contribution >= 4 is 16.7 Å². The number of rotatable bonds is 4. The van der Waals surface area contributed by atoms with E-state index in [9.17, 15) is 4.79 Å². The summed E-state index contributed by atoms with van der Waals surface area (Å²) in [4.78, 5) is 14.6. The summed E-state index contributed by atoms with van der Waals surface area (Å²) in [6.07, 6.45) is -0.0757. The molecule has 28 heavy (non-hydrogen) atoms. The molecule has 4 rings (SSSR count). The van der Waals surface area contributed by atoms with E-state index in [-0.39, 0.29) is 12.0 Å². The number of nitrogens with two attached hydrogens (primary N) is 1. The van der Waals surface area contributed by atoms with Crippen LogP contribution in [-0.4, -0.2) is 50.3 Å². The number of morpholine rings is 1. The molecule has 1 fully saturated rings. The first-order chi connectivity index (χ1) is 13.7. The van der Waals surface area contributed by atoms with Crippen molar-refractivity contribution in [2.24, 2.45) is 5.73 Å². The molecule has 1 aliphatic heterocycles. The fraction of sp³-hybridized carbons (Fsp3) is 0.261. The Balaban J connectivity index is 1.54. The maximum absolute atomic E-state index is 12.8. The first-order valence-corrected chi connectivity index (χ1v) is 9.47. The molecule has 0 unspecified atom stereocenters. The van der Waals surface area contributed by atoms with Crippen molar-refractivity contribution in [1.82, 2.24) is 4.90 Å². The highest BCUT2D eigenvalue weighted by Crippen LogP contribution is 2.27. The lowest BCUT2D eigenvalue weighted by Crippen LogP contribution is -2.48. The molecular weight excluding hydrogens is 352 g/mol. The minimum atomic E-state index is -0.0757. The Bertz CT molecular complexity index is 985. The van der Waals surface area contributed by atoms with Crippen molar-refractivity contribution in [1.29, 1.82) is 0 Å². The van der Waals surface area contributed by atoms with E-state index >= 15 is 0 Å². The van der Waals surface area contributed by atoms with Crippen molar-refractivity contribution in [3.63, 3.8) is 0 Å². The summed E-state index contributed by atoms with van der Waals surface area (Å²) in [6, 6.07) is 20.2. The molecule has 5 nitrogen and oxygen atoms in total. The summed E-state index contributed by atoms with van der Waals surface area (Å²) in [5, 5.41) is 2.29. The Morgan fingerprint density at radius 3 is 2.54 bits per heavy atom. The van der Waals surface area contributed by atoms with Gasteiger partial charge in [-0.1, -0.05) is 30.3 Å². The number of fused-ring (bicyclic) bond motifs is 1. The molecule has 0 bridgehead atoms. The summed E-state index contributed by atoms with van der Waals surface area (Å²) in [7, 11) is 1.67. The van der Waals surface area contributed by atoms with Crippen LogP contribution in [0.3, 0.4) is 0 Å². The molecule has 3 aromatic carbocycles. The quantitative estimate of drug-likeness (QED) is 0.759. The molecule has 144 valence electrons. The summed E-state index contributed by atoms with van der Waals surface area (Å²) < 4.78 is 10.8. The normalized spacial score (nSPS) is 16.9. The lowest BCUT2D eigenvalue weighted by molar-refractivity contribution is -0.0167. The molecule has 0 aromatic heterocycles. The SMILES string of the molecule is COc1ccc2cc(-c3ccc(C(=O)N4CCO[C@@H](CN)C4)cc3)ccc2c1. The molecule has 2 N–H and O–H groups in total. The number of hydrogen-bond donors (Lipinski definition) is 1. The van der Waals surface area contributed by atoms with Gasteiger partial charge in [0.15, 0.2) is 0 Å². The van der Waals surface area contributed by atoms with Gasteiger partial charge in [0.1, 0.15) is 5.75 Å². The monoisotopic (exact) mass is 376 g/mol. The number of methoxy groups -OCH3 is 1. The third-order valence-electron chi connectivity index (χ3n) is 5.20. The zero-order valence-corrected chi connectivity index (χ0v) is 15.9. The number of benzene rings is 3. The van der Waals surface area contributed by atoms with Crippen LogP contribution in [0.15, 0.2) is 60.7 Å². The standard InChI is InChI=1S/C23H24N2O3/c1-27-21-9-8-19-12-18(6-7-20(19)13-21)16-2-4-17(5-3-16)23(26)25-10-11-28-22(14-24)15-25/h2-9,12-13,22H,10-11,14-15,24H2,1H3/t22-/m0/s1. The number of ether oxygens (including phenoxy) is 2. The fourth-order valence-corrected chi connectivity index (χ4v) is 3.56. The minimum Gasteiger partial charge on any atom is -0.497 e. The van der Waals surface area contributed by atoms with Crippen LogP contribution in [0.1, 0.15) is 10.4 Å². The van der Waals surface area contributed by atoms with Crippen LogP contribution in [0.5, 0.6) is 5.75 Å². The second kappa shape index (κ2) is 8.00. The maximum Gasteiger partial charge on any atom is 0.254 e. The van der Waals surface area contributed by atoms with Crippen LogP contribution in [-0.2, 0) is 4.74 Å². The topological polar surface area (TPSA) is 64.8 Å². The third-order valence-corrected chi connectivity index (χ3v) is 5.20. The zero-order valence-electron chi connectivity index (χ0n) is 15.9. The van der Waals surface area contributed by atoms with Gasteiger partial charge >= 0.3 is 0 Å². The maximum atomic E-state index is 12.8. The predicted octanol–water partition coefficient (Wildman–Crippen LogP) is 3.32. The van der Waals surface area contributed by atoms with Gasteiger partial charge in [-0.05, 0) is 52.2 Å². The van der Waals surface area contributed by atoms with Gasteiger partial charge in [-0.2, -0.15) is 0 Å². The van der Waals surface area contributed by atoms with Gasteiger partial charge in [-0.25, -0.2) is 0 Å². The Kier molecular flexibility index (Phi) is 5.28. The van der Waals surface area contributed by atoms with Crippen LogP contribution >= 0.6 is 0 Å². The largest absolute Gasteiger partial charge is 0.497 e. The lowest BCUT2D eigenvalue weighted by atomic mass is 10.00. The highest BCUT2D eigenvalue weighted by molar-refractivity contribution is 5.95. The molecule has 1 amide bonds. The van der Waals surface area contributed by atoms with Gasteiger partial charge in [0.2, 0.25) is 0 Å². The average Bonchev–Trinajstić information content (AvgIpc) is 2.78. The second-order valence-corrected chi connectivity index (χ2v) is 6.98. The van der Waals surface area contributed by atoms with E-state index in [1.807, 2.05) is 41.3 Å². The summed E-state index contributed by atoms with van der Waals surface area (Å²) in [6.45, 7) is 2.11. The Labute approximate surface area is 164 Å². The van der Waals surface area contributed by atoms with E-state index in [1.54, 1.807) is 7.11 Å². The summed E-state index contributed by atoms with van der Waals surface area (Å²) in [5.41, 5.74) is 8.56. The molecular formula is C23H24N2O3. The molecule has 1 heterocycles. The minimum absolute atomic E-state index is 0.0268. The van der Waals surface area contributed by atoms with Gasteiger partial charge in [0, 0.05) is 25.2 Å². The van der Waals surface area contributed by atoms with Gasteiger partial charge < -0.3 is 20.1 Å². The van der Waals surface area contributed by atoms with Crippen LogP contribution in [0.25, 0.3) is 21.9 Å². The lowest BCUT2D eigenvalue weighted by Gasteiger charge is -2.32. The van der Waals surface area contributed by atoms with Gasteiger partial charge in [0.05, 0.1) is 19.8 Å². The van der Waals surface area contributed by atoms with Crippen molar-refractivity contribution in [2.45, 2.75) is 6.10 Å². The van der Waals surface area contributed by atoms with E-state index in [0.29, 0.717) is 31.8 Å². The van der Waals surface area contributed by atoms with E-state index in [4.69, 9.17) is 15.2 Å². The van der Waals surface area contributed by atoms with Crippen molar-refractivity contribution in [3.05, 3.63) is 66.2 Å². The predicted molar refractivity (Wildman–Crippen MR) is 111 cm³/mol. The van der Waals surface area contributed by atoms with Crippen LogP contribution < -0.4 is 10.5 Å². The number of hydrogen-bond acceptors (Lipinski definition) is 4. The highest BCUT2D eigenvalue weighted by Gasteiger charge is 2.24. The highest BCUT2D eigenvalue weighted by atomic mass is 16.5. The van der Waals surface area contributed by atoms with E-state index in [0.717, 1.165) is 27.6 Å². The fourth-order valence-electron chi connectivity index (χ4n) is 3.56. The Morgan fingerprint density at radius 1 is 1.07 bits per heavy atom. The van der Waals surface area contributed by atoms with Crippen molar-refractivity contribution in [3.8, 4) is 16.9 Å². The molecule has 5 heteroatoms. The summed E-state index contributed by atoms with van der Waals surface area (Å²) in [5.74, 6) is 0.877. The number of carbonyl (C=O) groups is 1. The van der Waals surface area contributed by atoms with Crippen molar-refractivity contribution < 1.29 is 14.3 Å². The van der Waals surface area contributed by atoms with E-state index < -0.39 is 0 Å². The molecule has 3 aromatic rings. The molecule has 0 radical (unpaired) electrons. The van der Waals surface area contributed by atoms with Crippen LogP contribution in [0, 0.1) is 0 Å². The van der Waals surface area contributed by atoms with Crippen LogP contribution in [0.2, 0.25) is 0 Å². The molecule has 0 spiro atoms. The second-order valence-electron chi connectivity index (χ2n) is 6.98. The first kappa shape index (κ1) is 18.5. The van der Waals surface area contributed by atoms with E-state index in [2.05, 4.69) is 24.3 Å². The van der Waals surface area contributed by atoms with Crippen molar-refractivity contribution in [2.75, 3.05) is 33.4 Å². The van der Waals surface area contributed by atoms with Crippen LogP contribution in [0.4, 0.5) is 0 Å². The molecule has 1 saturated heterocycles. The zero-order chi connectivity index (χ0) is 19.5. The average molecular weight is 376 g/mol. The van der Waals surface area contributed by atoms with Gasteiger partial charge in [-0.15, -0.1) is 0 Å². The molecule has 1 aliphatic rings. The molecule has 0 aliphatic carbocycles.